The molecule has 0 atom stereocenters. The minimum atomic E-state index is -3.47. The zero-order chi connectivity index (χ0) is 12.8. The standard InChI is InChI=1S/C11H10N2O4S/c1-18(14,15)11-13-12-10(17-11)8-2-3-9-7(6-8)4-5-16-9/h2-3,6H,4-5H2,1H3. The van der Waals surface area contributed by atoms with Crippen LogP contribution in [0.4, 0.5) is 0 Å². The highest BCUT2D eigenvalue weighted by atomic mass is 32.2. The number of ether oxygens (including phenoxy) is 1. The molecule has 0 spiro atoms. The van der Waals surface area contributed by atoms with E-state index in [4.69, 9.17) is 9.15 Å². The van der Waals surface area contributed by atoms with Gasteiger partial charge in [-0.1, -0.05) is 5.10 Å². The van der Waals surface area contributed by atoms with Crippen LogP contribution in [0, 0.1) is 0 Å². The van der Waals surface area contributed by atoms with Crippen molar-refractivity contribution in [2.24, 2.45) is 0 Å². The fourth-order valence-corrected chi connectivity index (χ4v) is 2.22. The highest BCUT2D eigenvalue weighted by molar-refractivity contribution is 7.90. The second kappa shape index (κ2) is 3.81. The van der Waals surface area contributed by atoms with E-state index in [-0.39, 0.29) is 11.1 Å². The molecule has 3 rings (SSSR count). The summed E-state index contributed by atoms with van der Waals surface area (Å²) in [5.74, 6) is 1.05. The molecule has 0 saturated carbocycles. The first-order valence-corrected chi connectivity index (χ1v) is 7.23. The van der Waals surface area contributed by atoms with E-state index in [1.54, 1.807) is 6.07 Å². The topological polar surface area (TPSA) is 82.3 Å². The molecule has 1 aliphatic rings. The average Bonchev–Trinajstić information content (AvgIpc) is 2.96. The van der Waals surface area contributed by atoms with Gasteiger partial charge < -0.3 is 9.15 Å². The molecule has 7 heteroatoms. The molecule has 2 heterocycles. The van der Waals surface area contributed by atoms with Crippen LogP contribution in [0.5, 0.6) is 5.75 Å². The Kier molecular flexibility index (Phi) is 2.37. The predicted molar refractivity (Wildman–Crippen MR) is 62.0 cm³/mol. The lowest BCUT2D eigenvalue weighted by molar-refractivity contribution is 0.357. The number of hydrogen-bond donors (Lipinski definition) is 0. The molecular weight excluding hydrogens is 256 g/mol. The molecule has 1 aromatic heterocycles. The molecule has 0 unspecified atom stereocenters. The number of hydrogen-bond acceptors (Lipinski definition) is 6. The normalized spacial score (nSPS) is 14.3. The minimum absolute atomic E-state index is 0.199. The van der Waals surface area contributed by atoms with Crippen molar-refractivity contribution >= 4 is 9.84 Å². The van der Waals surface area contributed by atoms with Gasteiger partial charge >= 0.3 is 5.22 Å². The fraction of sp³-hybridized carbons (Fsp3) is 0.273. The van der Waals surface area contributed by atoms with Gasteiger partial charge in [0.2, 0.25) is 15.7 Å². The van der Waals surface area contributed by atoms with Crippen LogP contribution in [0.15, 0.2) is 27.8 Å². The summed E-state index contributed by atoms with van der Waals surface area (Å²) >= 11 is 0. The number of fused-ring (bicyclic) bond motifs is 1. The number of nitrogens with zero attached hydrogens (tertiary/aromatic N) is 2. The summed E-state index contributed by atoms with van der Waals surface area (Å²) in [7, 11) is -3.47. The van der Waals surface area contributed by atoms with E-state index in [1.165, 1.54) is 0 Å². The summed E-state index contributed by atoms with van der Waals surface area (Å²) in [6.07, 6.45) is 1.86. The zero-order valence-corrected chi connectivity index (χ0v) is 10.4. The van der Waals surface area contributed by atoms with Gasteiger partial charge in [0.1, 0.15) is 5.75 Å². The van der Waals surface area contributed by atoms with Crippen LogP contribution in [0.25, 0.3) is 11.5 Å². The van der Waals surface area contributed by atoms with Crippen molar-refractivity contribution in [3.8, 4) is 17.2 Å². The Labute approximate surface area is 104 Å². The molecule has 0 fully saturated rings. The summed E-state index contributed by atoms with van der Waals surface area (Å²) in [6, 6.07) is 5.47. The SMILES string of the molecule is CS(=O)(=O)c1nnc(-c2ccc3c(c2)CCO3)o1. The molecule has 94 valence electrons. The fourth-order valence-electron chi connectivity index (χ4n) is 1.80. The Morgan fingerprint density at radius 2 is 2.11 bits per heavy atom. The molecule has 1 aliphatic heterocycles. The molecule has 6 nitrogen and oxygen atoms in total. The maximum atomic E-state index is 11.2. The van der Waals surface area contributed by atoms with Crippen molar-refractivity contribution < 1.29 is 17.6 Å². The van der Waals surface area contributed by atoms with E-state index >= 15 is 0 Å². The van der Waals surface area contributed by atoms with Gasteiger partial charge in [0.15, 0.2) is 0 Å². The smallest absolute Gasteiger partial charge is 0.335 e. The van der Waals surface area contributed by atoms with E-state index in [2.05, 4.69) is 10.2 Å². The van der Waals surface area contributed by atoms with Gasteiger partial charge in [-0.05, 0) is 23.8 Å². The Hall–Kier alpha value is -1.89. The lowest BCUT2D eigenvalue weighted by Gasteiger charge is -1.99. The van der Waals surface area contributed by atoms with Crippen molar-refractivity contribution in [1.82, 2.24) is 10.2 Å². The average molecular weight is 266 g/mol. The summed E-state index contributed by atoms with van der Waals surface area (Å²) < 4.78 is 33.0. The second-order valence-electron chi connectivity index (χ2n) is 4.07. The van der Waals surface area contributed by atoms with Gasteiger partial charge in [-0.2, -0.15) is 0 Å². The molecule has 0 N–H and O–H groups in total. The first-order chi connectivity index (χ1) is 8.54. The lowest BCUT2D eigenvalue weighted by atomic mass is 10.1. The van der Waals surface area contributed by atoms with E-state index in [1.807, 2.05) is 12.1 Å². The molecule has 0 radical (unpaired) electrons. The van der Waals surface area contributed by atoms with Crippen LogP contribution in [-0.2, 0) is 16.3 Å². The van der Waals surface area contributed by atoms with Crippen LogP contribution in [0.3, 0.4) is 0 Å². The summed E-state index contributed by atoms with van der Waals surface area (Å²) in [4.78, 5) is 0. The van der Waals surface area contributed by atoms with Crippen molar-refractivity contribution in [2.45, 2.75) is 11.6 Å². The molecular formula is C11H10N2O4S. The predicted octanol–water partition coefficient (Wildman–Crippen LogP) is 1.07. The molecule has 1 aromatic carbocycles. The van der Waals surface area contributed by atoms with Crippen LogP contribution >= 0.6 is 0 Å². The first kappa shape index (κ1) is 11.2. The van der Waals surface area contributed by atoms with Crippen LogP contribution in [-0.4, -0.2) is 31.5 Å². The maximum absolute atomic E-state index is 11.2. The molecule has 18 heavy (non-hydrogen) atoms. The molecule has 0 amide bonds. The minimum Gasteiger partial charge on any atom is -0.493 e. The van der Waals surface area contributed by atoms with Gasteiger partial charge in [-0.3, -0.25) is 0 Å². The third-order valence-corrected chi connectivity index (χ3v) is 3.46. The van der Waals surface area contributed by atoms with Crippen molar-refractivity contribution in [3.63, 3.8) is 0 Å². The van der Waals surface area contributed by atoms with Gasteiger partial charge in [0.25, 0.3) is 0 Å². The third kappa shape index (κ3) is 1.86. The Morgan fingerprint density at radius 3 is 2.83 bits per heavy atom. The highest BCUT2D eigenvalue weighted by Gasteiger charge is 2.19. The van der Waals surface area contributed by atoms with E-state index in [0.717, 1.165) is 24.0 Å². The van der Waals surface area contributed by atoms with Crippen LogP contribution < -0.4 is 4.74 Å². The quantitative estimate of drug-likeness (QED) is 0.808. The highest BCUT2D eigenvalue weighted by Crippen LogP contribution is 2.30. The van der Waals surface area contributed by atoms with Gasteiger partial charge in [-0.15, -0.1) is 5.10 Å². The summed E-state index contributed by atoms with van der Waals surface area (Å²) in [5, 5.41) is 6.90. The van der Waals surface area contributed by atoms with E-state index in [0.29, 0.717) is 12.2 Å². The van der Waals surface area contributed by atoms with E-state index in [9.17, 15) is 8.42 Å². The monoisotopic (exact) mass is 266 g/mol. The van der Waals surface area contributed by atoms with Gasteiger partial charge in [0.05, 0.1) is 6.61 Å². The van der Waals surface area contributed by atoms with Crippen LogP contribution in [0.2, 0.25) is 0 Å². The Morgan fingerprint density at radius 1 is 1.28 bits per heavy atom. The third-order valence-electron chi connectivity index (χ3n) is 2.66. The summed E-state index contributed by atoms with van der Waals surface area (Å²) in [5.41, 5.74) is 1.76. The van der Waals surface area contributed by atoms with Crippen molar-refractivity contribution in [2.75, 3.05) is 12.9 Å². The van der Waals surface area contributed by atoms with Crippen LogP contribution in [0.1, 0.15) is 5.56 Å². The zero-order valence-electron chi connectivity index (χ0n) is 9.58. The molecule has 0 saturated heterocycles. The molecule has 0 aliphatic carbocycles. The molecule has 2 aromatic rings. The first-order valence-electron chi connectivity index (χ1n) is 5.34. The summed E-state index contributed by atoms with van der Waals surface area (Å²) in [6.45, 7) is 0.664. The number of benzene rings is 1. The van der Waals surface area contributed by atoms with Crippen molar-refractivity contribution in [3.05, 3.63) is 23.8 Å². The van der Waals surface area contributed by atoms with Gasteiger partial charge in [0, 0.05) is 18.2 Å². The number of sulfone groups is 1. The van der Waals surface area contributed by atoms with Gasteiger partial charge in [-0.25, -0.2) is 8.42 Å². The van der Waals surface area contributed by atoms with E-state index < -0.39 is 9.84 Å². The largest absolute Gasteiger partial charge is 0.493 e. The van der Waals surface area contributed by atoms with Crippen molar-refractivity contribution in [1.29, 1.82) is 0 Å². The lowest BCUT2D eigenvalue weighted by Crippen LogP contribution is -1.96. The Balaban J connectivity index is 2.03. The maximum Gasteiger partial charge on any atom is 0.335 e. The molecule has 0 bridgehead atoms. The number of aromatic nitrogens is 2. The second-order valence-corrected chi connectivity index (χ2v) is 5.96. The number of rotatable bonds is 2. The Bertz CT molecular complexity index is 706.